The maximum atomic E-state index is 12.7. The fourth-order valence-electron chi connectivity index (χ4n) is 2.58. The average molecular weight is 341 g/mol. The van der Waals surface area contributed by atoms with Gasteiger partial charge in [0.15, 0.2) is 0 Å². The molecule has 0 bridgehead atoms. The van der Waals surface area contributed by atoms with E-state index in [1.165, 1.54) is 0 Å². The molecule has 0 spiro atoms. The average Bonchev–Trinajstić information content (AvgIpc) is 2.56. The molecule has 0 aliphatic heterocycles. The van der Waals surface area contributed by atoms with Crippen molar-refractivity contribution in [3.63, 3.8) is 0 Å². The van der Waals surface area contributed by atoms with Crippen LogP contribution in [0.1, 0.15) is 58.1 Å². The molecule has 0 heterocycles. The van der Waals surface area contributed by atoms with Crippen LogP contribution in [0.15, 0.2) is 48.1 Å². The van der Waals surface area contributed by atoms with E-state index in [1.54, 1.807) is 0 Å². The number of anilines is 1. The monoisotopic (exact) mass is 340 g/mol. The molecule has 1 aromatic carbocycles. The zero-order chi connectivity index (χ0) is 19.0. The molecule has 0 radical (unpaired) electrons. The molecule has 3 nitrogen and oxygen atoms in total. The minimum absolute atomic E-state index is 0.100. The smallest absolute Gasteiger partial charge is 0.255 e. The Morgan fingerprint density at radius 1 is 1.16 bits per heavy atom. The number of benzene rings is 1. The van der Waals surface area contributed by atoms with Crippen LogP contribution in [0.3, 0.4) is 0 Å². The molecule has 3 heteroatoms. The van der Waals surface area contributed by atoms with Crippen LogP contribution in [0.4, 0.5) is 5.69 Å². The van der Waals surface area contributed by atoms with Gasteiger partial charge in [0, 0.05) is 23.5 Å². The molecule has 0 aliphatic carbocycles. The Morgan fingerprint density at radius 2 is 1.84 bits per heavy atom. The quantitative estimate of drug-likeness (QED) is 0.349. The molecular weight excluding hydrogens is 308 g/mol. The van der Waals surface area contributed by atoms with Crippen molar-refractivity contribution < 1.29 is 4.79 Å². The number of amides is 1. The number of carbonyl (C=O) groups is 1. The van der Waals surface area contributed by atoms with E-state index in [1.807, 2.05) is 45.9 Å². The molecule has 136 valence electrons. The third kappa shape index (κ3) is 5.93. The van der Waals surface area contributed by atoms with E-state index in [-0.39, 0.29) is 5.91 Å². The second-order valence-corrected chi connectivity index (χ2v) is 6.53. The van der Waals surface area contributed by atoms with Gasteiger partial charge < -0.3 is 10.6 Å². The number of aryl methyl sites for hydroxylation is 1. The van der Waals surface area contributed by atoms with E-state index in [0.29, 0.717) is 5.57 Å². The Hall–Kier alpha value is -2.29. The molecule has 0 saturated heterocycles. The maximum absolute atomic E-state index is 12.7. The van der Waals surface area contributed by atoms with Crippen molar-refractivity contribution in [2.45, 2.75) is 53.9 Å². The number of allylic oxidation sites excluding steroid dienone is 1. The number of nitrogens with one attached hydrogen (secondary N) is 2. The summed E-state index contributed by atoms with van der Waals surface area (Å²) in [7, 11) is 0. The topological polar surface area (TPSA) is 41.1 Å². The minimum Gasteiger partial charge on any atom is -0.385 e. The summed E-state index contributed by atoms with van der Waals surface area (Å²) in [6.07, 6.45) is 3.08. The molecule has 1 amide bonds. The van der Waals surface area contributed by atoms with Crippen molar-refractivity contribution in [1.82, 2.24) is 5.32 Å². The van der Waals surface area contributed by atoms with Crippen molar-refractivity contribution in [2.75, 3.05) is 11.9 Å². The lowest BCUT2D eigenvalue weighted by Crippen LogP contribution is -2.18. The fraction of sp³-hybridized carbons (Fsp3) is 0.409. The van der Waals surface area contributed by atoms with E-state index >= 15 is 0 Å². The van der Waals surface area contributed by atoms with Crippen LogP contribution in [-0.2, 0) is 4.79 Å². The van der Waals surface area contributed by atoms with Gasteiger partial charge in [-0.1, -0.05) is 51.1 Å². The number of hydrogen-bond donors (Lipinski definition) is 2. The zero-order valence-corrected chi connectivity index (χ0v) is 16.4. The second kappa shape index (κ2) is 9.87. The molecule has 0 aliphatic rings. The maximum Gasteiger partial charge on any atom is 0.255 e. The first-order valence-electron chi connectivity index (χ1n) is 9.02. The Balaban J connectivity index is 3.02. The summed E-state index contributed by atoms with van der Waals surface area (Å²) in [5.41, 5.74) is 6.22. The summed E-state index contributed by atoms with van der Waals surface area (Å²) in [4.78, 5) is 12.7. The van der Waals surface area contributed by atoms with Crippen LogP contribution >= 0.6 is 0 Å². The van der Waals surface area contributed by atoms with Gasteiger partial charge >= 0.3 is 0 Å². The number of carbonyl (C=O) groups excluding carboxylic acids is 1. The normalized spacial score (nSPS) is 11.6. The van der Waals surface area contributed by atoms with Gasteiger partial charge in [0.25, 0.3) is 5.91 Å². The molecule has 0 atom stereocenters. The highest BCUT2D eigenvalue weighted by atomic mass is 16.1. The molecule has 1 aromatic rings. The van der Waals surface area contributed by atoms with Gasteiger partial charge in [-0.15, -0.1) is 0 Å². The number of unbranched alkanes of at least 4 members (excludes halogenated alkanes) is 1. The van der Waals surface area contributed by atoms with Gasteiger partial charge in [-0.2, -0.15) is 0 Å². The first-order chi connectivity index (χ1) is 11.8. The summed E-state index contributed by atoms with van der Waals surface area (Å²) in [6, 6.07) is 6.01. The number of rotatable bonds is 9. The van der Waals surface area contributed by atoms with Gasteiger partial charge in [0.1, 0.15) is 0 Å². The summed E-state index contributed by atoms with van der Waals surface area (Å²) in [6.45, 7) is 19.0. The molecule has 0 aromatic heterocycles. The predicted molar refractivity (Wildman–Crippen MR) is 110 cm³/mol. The van der Waals surface area contributed by atoms with Crippen molar-refractivity contribution in [1.29, 1.82) is 0 Å². The van der Waals surface area contributed by atoms with Crippen LogP contribution in [-0.4, -0.2) is 12.5 Å². The second-order valence-electron chi connectivity index (χ2n) is 6.53. The van der Waals surface area contributed by atoms with Crippen molar-refractivity contribution in [2.24, 2.45) is 0 Å². The summed E-state index contributed by atoms with van der Waals surface area (Å²) >= 11 is 0. The van der Waals surface area contributed by atoms with Crippen LogP contribution < -0.4 is 10.6 Å². The molecule has 2 N–H and O–H groups in total. The lowest BCUT2D eigenvalue weighted by molar-refractivity contribution is -0.112. The van der Waals surface area contributed by atoms with E-state index < -0.39 is 0 Å². The van der Waals surface area contributed by atoms with E-state index in [0.717, 1.165) is 59.5 Å². The lowest BCUT2D eigenvalue weighted by atomic mass is 10.00. The Bertz CT molecular complexity index is 683. The largest absolute Gasteiger partial charge is 0.385 e. The van der Waals surface area contributed by atoms with E-state index in [9.17, 15) is 4.79 Å². The summed E-state index contributed by atoms with van der Waals surface area (Å²) < 4.78 is 0. The lowest BCUT2D eigenvalue weighted by Gasteiger charge is -2.16. The molecule has 0 saturated carbocycles. The van der Waals surface area contributed by atoms with Gasteiger partial charge in [-0.25, -0.2) is 0 Å². The zero-order valence-electron chi connectivity index (χ0n) is 16.4. The first-order valence-corrected chi connectivity index (χ1v) is 9.02. The summed E-state index contributed by atoms with van der Waals surface area (Å²) in [5.74, 6) is -0.100. The van der Waals surface area contributed by atoms with E-state index in [2.05, 4.69) is 30.7 Å². The Kier molecular flexibility index (Phi) is 8.20. The molecule has 0 fully saturated rings. The van der Waals surface area contributed by atoms with Gasteiger partial charge in [0.05, 0.1) is 0 Å². The highest BCUT2D eigenvalue weighted by Gasteiger charge is 2.15. The molecular formula is C22H32N2O. The van der Waals surface area contributed by atoms with Gasteiger partial charge in [-0.3, -0.25) is 4.79 Å². The van der Waals surface area contributed by atoms with Crippen molar-refractivity contribution in [3.8, 4) is 0 Å². The third-order valence-electron chi connectivity index (χ3n) is 4.31. The van der Waals surface area contributed by atoms with Gasteiger partial charge in [-0.05, 0) is 56.4 Å². The van der Waals surface area contributed by atoms with Crippen LogP contribution in [0.2, 0.25) is 0 Å². The number of hydrogen-bond acceptors (Lipinski definition) is 2. The molecule has 25 heavy (non-hydrogen) atoms. The minimum atomic E-state index is -0.100. The fourth-order valence-corrected chi connectivity index (χ4v) is 2.58. The Labute approximate surface area is 152 Å². The van der Waals surface area contributed by atoms with Crippen molar-refractivity contribution in [3.05, 3.63) is 59.2 Å². The Morgan fingerprint density at radius 3 is 2.40 bits per heavy atom. The highest BCUT2D eigenvalue weighted by Crippen LogP contribution is 2.23. The predicted octanol–water partition coefficient (Wildman–Crippen LogP) is 5.60. The first kappa shape index (κ1) is 20.8. The molecule has 1 rings (SSSR count). The van der Waals surface area contributed by atoms with Crippen LogP contribution in [0.5, 0.6) is 0 Å². The van der Waals surface area contributed by atoms with Crippen LogP contribution in [0.25, 0.3) is 5.70 Å². The highest BCUT2D eigenvalue weighted by molar-refractivity contribution is 6.07. The SMILES string of the molecule is C=C(C)/C(C(=O)Nc1cc(C(=C)NCCCC)ccc1C)=C(\C)CC. The van der Waals surface area contributed by atoms with E-state index in [4.69, 9.17) is 0 Å². The molecule has 0 unspecified atom stereocenters. The van der Waals surface area contributed by atoms with Crippen molar-refractivity contribution >= 4 is 17.3 Å². The standard InChI is InChI=1S/C22H32N2O/c1-8-10-13-23-18(7)19-12-11-17(6)20(14-19)24-22(25)21(15(3)4)16(5)9-2/h11-12,14,23H,3,7-10,13H2,1-2,4-6H3,(H,24,25)/b21-16-. The van der Waals surface area contributed by atoms with Gasteiger partial charge in [0.2, 0.25) is 0 Å². The summed E-state index contributed by atoms with van der Waals surface area (Å²) in [5, 5.41) is 6.38. The third-order valence-corrected chi connectivity index (χ3v) is 4.31. The van der Waals surface area contributed by atoms with Crippen LogP contribution in [0, 0.1) is 6.92 Å².